The minimum absolute atomic E-state index is 0.0147. The van der Waals surface area contributed by atoms with E-state index < -0.39 is 36.5 Å². The molecule has 0 radical (unpaired) electrons. The first kappa shape index (κ1) is 15.5. The highest BCUT2D eigenvalue weighted by molar-refractivity contribution is 5.58. The van der Waals surface area contributed by atoms with E-state index in [0.29, 0.717) is 4.57 Å². The monoisotopic (exact) mass is 305 g/mol. The van der Waals surface area contributed by atoms with Crippen molar-refractivity contribution in [2.24, 2.45) is 0 Å². The van der Waals surface area contributed by atoms with Gasteiger partial charge in [-0.1, -0.05) is 0 Å². The Morgan fingerprint density at radius 1 is 1.67 bits per heavy atom. The van der Waals surface area contributed by atoms with Crippen molar-refractivity contribution in [3.63, 3.8) is 0 Å². The number of ether oxygens (including phenoxy) is 1. The summed E-state index contributed by atoms with van der Waals surface area (Å²) in [5, 5.41) is 9.02. The summed E-state index contributed by atoms with van der Waals surface area (Å²) in [7, 11) is 0. The topological polar surface area (TPSA) is 90.4 Å². The van der Waals surface area contributed by atoms with Crippen molar-refractivity contribution in [1.82, 2.24) is 9.55 Å². The molecule has 1 aromatic rings. The van der Waals surface area contributed by atoms with Crippen molar-refractivity contribution in [2.75, 3.05) is 12.3 Å². The van der Waals surface area contributed by atoms with Crippen LogP contribution in [0.15, 0.2) is 17.3 Å². The first-order valence-corrected chi connectivity index (χ1v) is 6.07. The summed E-state index contributed by atoms with van der Waals surface area (Å²) in [6.45, 7) is 0.176. The molecule has 0 aromatic carbocycles. The molecule has 21 heavy (non-hydrogen) atoms. The largest absolute Gasteiger partial charge is 0.394 e. The van der Waals surface area contributed by atoms with Gasteiger partial charge in [-0.25, -0.2) is 18.0 Å². The Balaban J connectivity index is 2.48. The maximum absolute atomic E-state index is 14.2. The molecule has 0 spiro atoms. The van der Waals surface area contributed by atoms with Gasteiger partial charge >= 0.3 is 5.69 Å². The number of nitrogen functional groups attached to an aromatic ring is 1. The Kier molecular flexibility index (Phi) is 4.06. The van der Waals surface area contributed by atoms with Gasteiger partial charge in [-0.3, -0.25) is 4.57 Å². The van der Waals surface area contributed by atoms with Crippen LogP contribution in [0, 0.1) is 0 Å². The molecule has 1 fully saturated rings. The van der Waals surface area contributed by atoms with Crippen molar-refractivity contribution in [3.8, 4) is 0 Å². The Hall–Kier alpha value is -1.87. The second-order valence-corrected chi connectivity index (χ2v) is 4.81. The number of anilines is 1. The van der Waals surface area contributed by atoms with Crippen molar-refractivity contribution in [3.05, 3.63) is 28.6 Å². The van der Waals surface area contributed by atoms with E-state index >= 15 is 0 Å². The van der Waals surface area contributed by atoms with Gasteiger partial charge in [0, 0.05) is 11.8 Å². The highest BCUT2D eigenvalue weighted by atomic mass is 19.2. The molecule has 1 aliphatic rings. The summed E-state index contributed by atoms with van der Waals surface area (Å²) in [6, 6.07) is 0. The smallest absolute Gasteiger partial charge is 0.351 e. The minimum Gasteiger partial charge on any atom is -0.394 e. The molecular weight excluding hydrogens is 291 g/mol. The van der Waals surface area contributed by atoms with Crippen molar-refractivity contribution in [2.45, 2.75) is 31.1 Å². The number of rotatable bonds is 3. The fraction of sp³-hybridized carbons (Fsp3) is 0.500. The van der Waals surface area contributed by atoms with E-state index in [1.54, 1.807) is 0 Å². The number of nitrogens with two attached hydrogens (primary N) is 1. The number of hydrogen-bond acceptors (Lipinski definition) is 5. The van der Waals surface area contributed by atoms with E-state index in [0.717, 1.165) is 19.2 Å². The molecule has 6 nitrogen and oxygen atoms in total. The van der Waals surface area contributed by atoms with Gasteiger partial charge in [-0.05, 0) is 13.0 Å². The van der Waals surface area contributed by atoms with Gasteiger partial charge in [-0.15, -0.1) is 0 Å². The highest BCUT2D eigenvalue weighted by Gasteiger charge is 2.56. The third-order valence-corrected chi connectivity index (χ3v) is 3.42. The molecule has 2 heterocycles. The van der Waals surface area contributed by atoms with Crippen LogP contribution in [0.25, 0.3) is 6.08 Å². The fourth-order valence-electron chi connectivity index (χ4n) is 2.13. The first-order valence-electron chi connectivity index (χ1n) is 6.07. The summed E-state index contributed by atoms with van der Waals surface area (Å²) in [5.41, 5.74) is 2.00. The highest BCUT2D eigenvalue weighted by Crippen LogP contribution is 2.41. The zero-order valence-corrected chi connectivity index (χ0v) is 11.0. The van der Waals surface area contributed by atoms with E-state index in [9.17, 15) is 18.0 Å². The third-order valence-electron chi connectivity index (χ3n) is 3.42. The normalized spacial score (nSPS) is 32.9. The number of alkyl halides is 2. The lowest BCUT2D eigenvalue weighted by Crippen LogP contribution is -2.40. The number of halogens is 3. The molecule has 1 aromatic heterocycles. The summed E-state index contributed by atoms with van der Waals surface area (Å²) in [4.78, 5) is 15.2. The summed E-state index contributed by atoms with van der Waals surface area (Å²) in [5.74, 6) is -0.250. The molecule has 4 atom stereocenters. The number of nitrogens with zero attached hydrogens (tertiary/aromatic N) is 2. The Morgan fingerprint density at radius 3 is 2.86 bits per heavy atom. The van der Waals surface area contributed by atoms with E-state index in [1.807, 2.05) is 0 Å². The van der Waals surface area contributed by atoms with Gasteiger partial charge in [0.05, 0.1) is 12.9 Å². The van der Waals surface area contributed by atoms with Crippen LogP contribution in [0.3, 0.4) is 0 Å². The molecule has 1 aliphatic heterocycles. The van der Waals surface area contributed by atoms with Gasteiger partial charge in [0.1, 0.15) is 11.9 Å². The lowest BCUT2D eigenvalue weighted by atomic mass is 9.98. The van der Waals surface area contributed by atoms with Crippen LogP contribution < -0.4 is 11.4 Å². The minimum atomic E-state index is -2.48. The lowest BCUT2D eigenvalue weighted by molar-refractivity contribution is -0.0532. The Bertz CT molecular complexity index is 618. The molecule has 0 amide bonds. The van der Waals surface area contributed by atoms with Gasteiger partial charge in [0.25, 0.3) is 0 Å². The van der Waals surface area contributed by atoms with Crippen molar-refractivity contribution in [1.29, 1.82) is 0 Å². The van der Waals surface area contributed by atoms with Crippen molar-refractivity contribution >= 4 is 11.9 Å². The molecule has 0 saturated carbocycles. The zero-order chi connectivity index (χ0) is 15.8. The average Bonchev–Trinajstić information content (AvgIpc) is 2.64. The van der Waals surface area contributed by atoms with Gasteiger partial charge in [0.2, 0.25) is 0 Å². The number of hydrogen-bond donors (Lipinski definition) is 2. The van der Waals surface area contributed by atoms with Crippen LogP contribution in [0.4, 0.5) is 19.0 Å². The Morgan fingerprint density at radius 2 is 2.33 bits per heavy atom. The van der Waals surface area contributed by atoms with E-state index in [2.05, 4.69) is 4.98 Å². The third kappa shape index (κ3) is 2.54. The zero-order valence-electron chi connectivity index (χ0n) is 11.0. The van der Waals surface area contributed by atoms with E-state index in [1.165, 1.54) is 0 Å². The van der Waals surface area contributed by atoms with Crippen LogP contribution in [0.1, 0.15) is 18.7 Å². The standard InChI is InChI=1S/C12H14F3N3O3/c1-12(15)7(5-19)21-10(8(12)14)18-4-6(2-3-13)9(16)17-11(18)20/h2-4,7-8,10,19H,5H2,1H3,(H2,16,17,20)/b3-2+. The van der Waals surface area contributed by atoms with Crippen LogP contribution >= 0.6 is 0 Å². The lowest BCUT2D eigenvalue weighted by Gasteiger charge is -2.20. The van der Waals surface area contributed by atoms with Crippen LogP contribution in [0.2, 0.25) is 0 Å². The molecule has 3 N–H and O–H groups in total. The van der Waals surface area contributed by atoms with Gasteiger partial charge in [-0.2, -0.15) is 4.98 Å². The summed E-state index contributed by atoms with van der Waals surface area (Å²) >= 11 is 0. The first-order chi connectivity index (χ1) is 9.82. The Labute approximate surface area is 117 Å². The molecular formula is C12H14F3N3O3. The molecule has 0 aliphatic carbocycles. The second kappa shape index (κ2) is 5.49. The molecule has 0 bridgehead atoms. The number of aromatic nitrogens is 2. The SMILES string of the molecule is CC1(F)C(CO)OC(n2cc(/C=C/F)c(N)nc2=O)C1F. The van der Waals surface area contributed by atoms with E-state index in [-0.39, 0.29) is 17.7 Å². The van der Waals surface area contributed by atoms with Crippen LogP contribution in [-0.2, 0) is 4.74 Å². The summed E-state index contributed by atoms with van der Waals surface area (Å²) in [6.07, 6.45) is -3.15. The van der Waals surface area contributed by atoms with Gasteiger partial charge < -0.3 is 15.6 Å². The quantitative estimate of drug-likeness (QED) is 0.859. The maximum atomic E-state index is 14.2. The molecule has 116 valence electrons. The molecule has 4 unspecified atom stereocenters. The fourth-order valence-corrected chi connectivity index (χ4v) is 2.13. The molecule has 1 saturated heterocycles. The number of aliphatic hydroxyl groups excluding tert-OH is 1. The van der Waals surface area contributed by atoms with Crippen molar-refractivity contribution < 1.29 is 23.0 Å². The second-order valence-electron chi connectivity index (χ2n) is 4.81. The maximum Gasteiger partial charge on any atom is 0.351 e. The molecule has 2 rings (SSSR count). The predicted octanol–water partition coefficient (Wildman–Crippen LogP) is 0.722. The van der Waals surface area contributed by atoms with E-state index in [4.69, 9.17) is 15.6 Å². The van der Waals surface area contributed by atoms with Crippen LogP contribution in [-0.4, -0.2) is 39.2 Å². The van der Waals surface area contributed by atoms with Crippen LogP contribution in [0.5, 0.6) is 0 Å². The average molecular weight is 305 g/mol. The predicted molar refractivity (Wildman–Crippen MR) is 68.5 cm³/mol. The number of aliphatic hydroxyl groups is 1. The van der Waals surface area contributed by atoms with Gasteiger partial charge in [0.15, 0.2) is 18.1 Å². The molecule has 9 heteroatoms. The summed E-state index contributed by atoms with van der Waals surface area (Å²) < 4.78 is 46.3.